The standard InChI is InChI=1S/C20H21N3O3/c24-19(15-7-8-15)22-10-12-23(13-11-22)20(25)16-4-3-5-17(14-16)26-18-6-1-2-9-21-18/h1-6,9,14-15H,7-8,10-13H2. The van der Waals surface area contributed by atoms with E-state index in [1.54, 1.807) is 41.4 Å². The largest absolute Gasteiger partial charge is 0.439 e. The lowest BCUT2D eigenvalue weighted by atomic mass is 10.1. The number of rotatable bonds is 4. The van der Waals surface area contributed by atoms with Gasteiger partial charge in [-0.15, -0.1) is 0 Å². The molecule has 26 heavy (non-hydrogen) atoms. The Kier molecular flexibility index (Phi) is 4.56. The van der Waals surface area contributed by atoms with Gasteiger partial charge in [-0.1, -0.05) is 12.1 Å². The van der Waals surface area contributed by atoms with Crippen molar-refractivity contribution >= 4 is 11.8 Å². The number of piperazine rings is 1. The highest BCUT2D eigenvalue weighted by atomic mass is 16.5. The summed E-state index contributed by atoms with van der Waals surface area (Å²) < 4.78 is 5.70. The summed E-state index contributed by atoms with van der Waals surface area (Å²) in [5, 5.41) is 0. The number of aromatic nitrogens is 1. The first-order chi connectivity index (χ1) is 12.7. The van der Waals surface area contributed by atoms with Crippen molar-refractivity contribution in [2.45, 2.75) is 12.8 Å². The molecule has 0 N–H and O–H groups in total. The number of benzene rings is 1. The molecule has 1 aliphatic carbocycles. The second kappa shape index (κ2) is 7.15. The Bertz CT molecular complexity index is 797. The van der Waals surface area contributed by atoms with Crippen molar-refractivity contribution < 1.29 is 14.3 Å². The highest BCUT2D eigenvalue weighted by molar-refractivity contribution is 5.94. The number of carbonyl (C=O) groups excluding carboxylic acids is 2. The van der Waals surface area contributed by atoms with E-state index in [9.17, 15) is 9.59 Å². The molecule has 2 amide bonds. The van der Waals surface area contributed by atoms with Crippen molar-refractivity contribution in [2.75, 3.05) is 26.2 Å². The lowest BCUT2D eigenvalue weighted by Crippen LogP contribution is -2.51. The summed E-state index contributed by atoms with van der Waals surface area (Å²) in [5.41, 5.74) is 0.584. The van der Waals surface area contributed by atoms with Crippen molar-refractivity contribution in [3.8, 4) is 11.6 Å². The molecule has 1 aromatic carbocycles. The zero-order chi connectivity index (χ0) is 17.9. The minimum absolute atomic E-state index is 0.0324. The van der Waals surface area contributed by atoms with Crippen molar-refractivity contribution in [2.24, 2.45) is 5.92 Å². The topological polar surface area (TPSA) is 62.7 Å². The summed E-state index contributed by atoms with van der Waals surface area (Å²) in [6.07, 6.45) is 3.69. The van der Waals surface area contributed by atoms with Crippen molar-refractivity contribution in [3.05, 3.63) is 54.2 Å². The first-order valence-electron chi connectivity index (χ1n) is 8.98. The van der Waals surface area contributed by atoms with Crippen LogP contribution in [0, 0.1) is 5.92 Å². The Morgan fingerprint density at radius 1 is 0.962 bits per heavy atom. The van der Waals surface area contributed by atoms with Gasteiger partial charge in [0.05, 0.1) is 0 Å². The second-order valence-electron chi connectivity index (χ2n) is 6.69. The first kappa shape index (κ1) is 16.6. The fourth-order valence-electron chi connectivity index (χ4n) is 3.12. The van der Waals surface area contributed by atoms with Crippen LogP contribution in [0.15, 0.2) is 48.7 Å². The van der Waals surface area contributed by atoms with Crippen LogP contribution in [0.1, 0.15) is 23.2 Å². The molecule has 2 fully saturated rings. The van der Waals surface area contributed by atoms with Gasteiger partial charge in [0.1, 0.15) is 5.75 Å². The Labute approximate surface area is 152 Å². The summed E-state index contributed by atoms with van der Waals surface area (Å²) in [6.45, 7) is 2.38. The lowest BCUT2D eigenvalue weighted by Gasteiger charge is -2.35. The molecule has 0 atom stereocenters. The molecule has 6 nitrogen and oxygen atoms in total. The lowest BCUT2D eigenvalue weighted by molar-refractivity contribution is -0.134. The molecule has 0 bridgehead atoms. The van der Waals surface area contributed by atoms with Gasteiger partial charge in [0.2, 0.25) is 11.8 Å². The van der Waals surface area contributed by atoms with Crippen LogP contribution in [0.5, 0.6) is 11.6 Å². The van der Waals surface area contributed by atoms with Gasteiger partial charge in [-0.3, -0.25) is 9.59 Å². The maximum atomic E-state index is 12.8. The number of ether oxygens (including phenoxy) is 1. The monoisotopic (exact) mass is 351 g/mol. The van der Waals surface area contributed by atoms with E-state index < -0.39 is 0 Å². The molecule has 2 aromatic rings. The Hall–Kier alpha value is -2.89. The van der Waals surface area contributed by atoms with Crippen LogP contribution < -0.4 is 4.74 Å². The number of amides is 2. The molecule has 0 spiro atoms. The third-order valence-corrected chi connectivity index (χ3v) is 4.75. The molecule has 134 valence electrons. The zero-order valence-corrected chi connectivity index (χ0v) is 14.5. The fraction of sp³-hybridized carbons (Fsp3) is 0.350. The number of carbonyl (C=O) groups is 2. The Balaban J connectivity index is 1.39. The maximum absolute atomic E-state index is 12.8. The highest BCUT2D eigenvalue weighted by Crippen LogP contribution is 2.31. The molecular formula is C20H21N3O3. The molecule has 1 aromatic heterocycles. The molecule has 0 radical (unpaired) electrons. The normalized spacial score (nSPS) is 17.1. The third-order valence-electron chi connectivity index (χ3n) is 4.75. The summed E-state index contributed by atoms with van der Waals surface area (Å²) in [7, 11) is 0. The van der Waals surface area contributed by atoms with Gasteiger partial charge < -0.3 is 14.5 Å². The molecule has 2 heterocycles. The zero-order valence-electron chi connectivity index (χ0n) is 14.5. The van der Waals surface area contributed by atoms with Crippen molar-refractivity contribution in [3.63, 3.8) is 0 Å². The second-order valence-corrected chi connectivity index (χ2v) is 6.69. The van der Waals surface area contributed by atoms with E-state index in [1.165, 1.54) is 0 Å². The van der Waals surface area contributed by atoms with Gasteiger partial charge in [-0.2, -0.15) is 0 Å². The molecule has 4 rings (SSSR count). The molecule has 6 heteroatoms. The van der Waals surface area contributed by atoms with E-state index in [1.807, 2.05) is 17.0 Å². The van der Waals surface area contributed by atoms with Crippen molar-refractivity contribution in [1.29, 1.82) is 0 Å². The van der Waals surface area contributed by atoms with E-state index in [0.717, 1.165) is 12.8 Å². The third kappa shape index (κ3) is 3.69. The molecule has 2 aliphatic rings. The number of hydrogen-bond acceptors (Lipinski definition) is 4. The molecule has 0 unspecified atom stereocenters. The number of nitrogens with zero attached hydrogens (tertiary/aromatic N) is 3. The first-order valence-corrected chi connectivity index (χ1v) is 8.98. The predicted octanol–water partition coefficient (Wildman–Crippen LogP) is 2.57. The van der Waals surface area contributed by atoms with Crippen LogP contribution in [0.2, 0.25) is 0 Å². The SMILES string of the molecule is O=C(c1cccc(Oc2ccccn2)c1)N1CCN(C(=O)C2CC2)CC1. The quantitative estimate of drug-likeness (QED) is 0.849. The van der Waals surface area contributed by atoms with E-state index in [-0.39, 0.29) is 17.7 Å². The van der Waals surface area contributed by atoms with Crippen molar-refractivity contribution in [1.82, 2.24) is 14.8 Å². The number of hydrogen-bond donors (Lipinski definition) is 0. The van der Waals surface area contributed by atoms with Gasteiger partial charge in [0.25, 0.3) is 5.91 Å². The van der Waals surface area contributed by atoms with Crippen LogP contribution >= 0.6 is 0 Å². The van der Waals surface area contributed by atoms with Crippen LogP contribution in [0.4, 0.5) is 0 Å². The molecular weight excluding hydrogens is 330 g/mol. The Morgan fingerprint density at radius 2 is 1.73 bits per heavy atom. The van der Waals surface area contributed by atoms with E-state index in [0.29, 0.717) is 43.4 Å². The van der Waals surface area contributed by atoms with Gasteiger partial charge in [-0.25, -0.2) is 4.98 Å². The average molecular weight is 351 g/mol. The smallest absolute Gasteiger partial charge is 0.254 e. The van der Waals surface area contributed by atoms with Crippen LogP contribution in [0.3, 0.4) is 0 Å². The summed E-state index contributed by atoms with van der Waals surface area (Å²) in [5.74, 6) is 1.52. The van der Waals surface area contributed by atoms with Crippen LogP contribution in [-0.4, -0.2) is 52.8 Å². The highest BCUT2D eigenvalue weighted by Gasteiger charge is 2.35. The van der Waals surface area contributed by atoms with E-state index >= 15 is 0 Å². The predicted molar refractivity (Wildman–Crippen MR) is 96.0 cm³/mol. The van der Waals surface area contributed by atoms with Gasteiger partial charge in [-0.05, 0) is 37.1 Å². The van der Waals surface area contributed by atoms with Gasteiger partial charge in [0, 0.05) is 49.9 Å². The average Bonchev–Trinajstić information content (AvgIpc) is 3.53. The molecule has 1 saturated carbocycles. The van der Waals surface area contributed by atoms with E-state index in [4.69, 9.17) is 4.74 Å². The van der Waals surface area contributed by atoms with Gasteiger partial charge in [0.15, 0.2) is 0 Å². The maximum Gasteiger partial charge on any atom is 0.254 e. The van der Waals surface area contributed by atoms with Crippen LogP contribution in [0.25, 0.3) is 0 Å². The summed E-state index contributed by atoms with van der Waals surface area (Å²) >= 11 is 0. The summed E-state index contributed by atoms with van der Waals surface area (Å²) in [6, 6.07) is 12.6. The molecule has 1 aliphatic heterocycles. The van der Waals surface area contributed by atoms with Gasteiger partial charge >= 0.3 is 0 Å². The van der Waals surface area contributed by atoms with E-state index in [2.05, 4.69) is 4.98 Å². The Morgan fingerprint density at radius 3 is 2.42 bits per heavy atom. The minimum atomic E-state index is -0.0324. The fourth-order valence-corrected chi connectivity index (χ4v) is 3.12. The summed E-state index contributed by atoms with van der Waals surface area (Å²) in [4.78, 5) is 32.7. The number of pyridine rings is 1. The molecule has 1 saturated heterocycles. The minimum Gasteiger partial charge on any atom is -0.439 e. The van der Waals surface area contributed by atoms with Crippen LogP contribution in [-0.2, 0) is 4.79 Å².